The van der Waals surface area contributed by atoms with E-state index in [1.54, 1.807) is 0 Å². The number of piperazine rings is 1. The van der Waals surface area contributed by atoms with Gasteiger partial charge in [0.05, 0.1) is 6.54 Å². The number of fused-ring (bicyclic) bond motifs is 1. The van der Waals surface area contributed by atoms with E-state index in [0.29, 0.717) is 18.8 Å². The van der Waals surface area contributed by atoms with Crippen LogP contribution >= 0.6 is 0 Å². The van der Waals surface area contributed by atoms with Gasteiger partial charge in [0.25, 0.3) is 0 Å². The maximum Gasteiger partial charge on any atom is 0.249 e. The molecule has 1 atom stereocenters. The molecule has 3 rings (SSSR count). The third kappa shape index (κ3) is 2.40. The van der Waals surface area contributed by atoms with Gasteiger partial charge in [-0.15, -0.1) is 0 Å². The molecule has 1 aliphatic heterocycles. The standard InChI is InChI=1S/C15H20N4O2/c1-2-12-15(21)18-13(20)8-19(12)14-10(7-16)6-9-4-3-5-11(9)17-14/h6,12H,2-5,7-8,16H2,1H3,(H,18,20,21). The largest absolute Gasteiger partial charge is 0.335 e. The molecule has 2 amide bonds. The van der Waals surface area contributed by atoms with Crippen LogP contribution in [-0.2, 0) is 29.0 Å². The van der Waals surface area contributed by atoms with E-state index in [0.717, 1.165) is 30.5 Å². The number of carbonyl (C=O) groups is 2. The fourth-order valence-corrected chi connectivity index (χ4v) is 3.20. The first-order valence-corrected chi connectivity index (χ1v) is 7.46. The summed E-state index contributed by atoms with van der Waals surface area (Å²) >= 11 is 0. The summed E-state index contributed by atoms with van der Waals surface area (Å²) in [5.41, 5.74) is 9.10. The van der Waals surface area contributed by atoms with Gasteiger partial charge in [-0.3, -0.25) is 14.9 Å². The van der Waals surface area contributed by atoms with E-state index in [1.165, 1.54) is 5.56 Å². The van der Waals surface area contributed by atoms with Crippen molar-refractivity contribution >= 4 is 17.6 Å². The van der Waals surface area contributed by atoms with E-state index >= 15 is 0 Å². The third-order valence-electron chi connectivity index (χ3n) is 4.24. The van der Waals surface area contributed by atoms with Gasteiger partial charge in [-0.2, -0.15) is 0 Å². The first-order valence-electron chi connectivity index (χ1n) is 7.46. The summed E-state index contributed by atoms with van der Waals surface area (Å²) in [7, 11) is 0. The van der Waals surface area contributed by atoms with Gasteiger partial charge in [0.2, 0.25) is 11.8 Å². The van der Waals surface area contributed by atoms with Crippen LogP contribution in [0.3, 0.4) is 0 Å². The molecule has 1 aromatic heterocycles. The Bertz CT molecular complexity index is 600. The van der Waals surface area contributed by atoms with Crippen LogP contribution in [0.15, 0.2) is 6.07 Å². The molecule has 0 aromatic carbocycles. The van der Waals surface area contributed by atoms with Crippen LogP contribution < -0.4 is 16.0 Å². The van der Waals surface area contributed by atoms with Crippen molar-refractivity contribution in [3.63, 3.8) is 0 Å². The Hall–Kier alpha value is -1.95. The summed E-state index contributed by atoms with van der Waals surface area (Å²) in [6.45, 7) is 2.45. The molecule has 1 unspecified atom stereocenters. The molecule has 6 nitrogen and oxygen atoms in total. The summed E-state index contributed by atoms with van der Waals surface area (Å²) in [5.74, 6) is 0.169. The first-order chi connectivity index (χ1) is 10.1. The van der Waals surface area contributed by atoms with Crippen LogP contribution in [0.4, 0.5) is 5.82 Å². The molecule has 6 heteroatoms. The summed E-state index contributed by atoms with van der Waals surface area (Å²) in [4.78, 5) is 30.3. The average molecular weight is 288 g/mol. The first kappa shape index (κ1) is 14.0. The Morgan fingerprint density at radius 1 is 1.43 bits per heavy atom. The Morgan fingerprint density at radius 3 is 2.95 bits per heavy atom. The van der Waals surface area contributed by atoms with Gasteiger partial charge < -0.3 is 10.6 Å². The predicted molar refractivity (Wildman–Crippen MR) is 78.7 cm³/mol. The van der Waals surface area contributed by atoms with Gasteiger partial charge in [-0.1, -0.05) is 6.92 Å². The van der Waals surface area contributed by atoms with E-state index in [2.05, 4.69) is 11.4 Å². The monoisotopic (exact) mass is 288 g/mol. The number of imide groups is 1. The molecule has 2 heterocycles. The fraction of sp³-hybridized carbons (Fsp3) is 0.533. The molecule has 0 saturated carbocycles. The number of pyridine rings is 1. The van der Waals surface area contributed by atoms with Crippen molar-refractivity contribution in [1.29, 1.82) is 0 Å². The van der Waals surface area contributed by atoms with Crippen LogP contribution in [0.5, 0.6) is 0 Å². The number of aryl methyl sites for hydroxylation is 2. The molecule has 1 aromatic rings. The van der Waals surface area contributed by atoms with E-state index in [4.69, 9.17) is 10.7 Å². The minimum atomic E-state index is -0.361. The highest BCUT2D eigenvalue weighted by molar-refractivity contribution is 6.04. The van der Waals surface area contributed by atoms with E-state index in [9.17, 15) is 9.59 Å². The van der Waals surface area contributed by atoms with Crippen LogP contribution in [-0.4, -0.2) is 29.4 Å². The summed E-state index contributed by atoms with van der Waals surface area (Å²) in [6, 6.07) is 1.73. The highest BCUT2D eigenvalue weighted by Gasteiger charge is 2.34. The molecule has 1 fully saturated rings. The second-order valence-electron chi connectivity index (χ2n) is 5.60. The smallest absolute Gasteiger partial charge is 0.249 e. The zero-order chi connectivity index (χ0) is 15.0. The lowest BCUT2D eigenvalue weighted by Gasteiger charge is -2.35. The fourth-order valence-electron chi connectivity index (χ4n) is 3.20. The zero-order valence-corrected chi connectivity index (χ0v) is 12.2. The van der Waals surface area contributed by atoms with Crippen LogP contribution in [0, 0.1) is 0 Å². The summed E-state index contributed by atoms with van der Waals surface area (Å²) in [5, 5.41) is 2.39. The highest BCUT2D eigenvalue weighted by Crippen LogP contribution is 2.29. The number of nitrogens with one attached hydrogen (secondary N) is 1. The number of aromatic nitrogens is 1. The molecule has 0 spiro atoms. The van der Waals surface area contributed by atoms with Crippen LogP contribution in [0.25, 0.3) is 0 Å². The van der Waals surface area contributed by atoms with Gasteiger partial charge in [-0.25, -0.2) is 4.98 Å². The molecular formula is C15H20N4O2. The summed E-state index contributed by atoms with van der Waals surface area (Å²) < 4.78 is 0. The lowest BCUT2D eigenvalue weighted by Crippen LogP contribution is -2.58. The molecule has 1 aliphatic carbocycles. The van der Waals surface area contributed by atoms with Crippen LogP contribution in [0.1, 0.15) is 36.6 Å². The number of hydrogen-bond donors (Lipinski definition) is 2. The van der Waals surface area contributed by atoms with Crippen molar-refractivity contribution < 1.29 is 9.59 Å². The minimum Gasteiger partial charge on any atom is -0.335 e. The molecule has 1 saturated heterocycles. The Balaban J connectivity index is 2.05. The Morgan fingerprint density at radius 2 is 2.24 bits per heavy atom. The Kier molecular flexibility index (Phi) is 3.63. The van der Waals surface area contributed by atoms with Crippen molar-refractivity contribution in [3.05, 3.63) is 22.9 Å². The quantitative estimate of drug-likeness (QED) is 0.779. The average Bonchev–Trinajstić information content (AvgIpc) is 2.92. The molecule has 3 N–H and O–H groups in total. The molecule has 112 valence electrons. The van der Waals surface area contributed by atoms with E-state index < -0.39 is 0 Å². The van der Waals surface area contributed by atoms with Gasteiger partial charge in [0.1, 0.15) is 11.9 Å². The van der Waals surface area contributed by atoms with E-state index in [1.807, 2.05) is 11.8 Å². The van der Waals surface area contributed by atoms with Crippen molar-refractivity contribution in [3.8, 4) is 0 Å². The number of amides is 2. The normalized spacial score (nSPS) is 21.4. The lowest BCUT2D eigenvalue weighted by molar-refractivity contribution is -0.132. The summed E-state index contributed by atoms with van der Waals surface area (Å²) in [6.07, 6.45) is 3.72. The number of nitrogens with two attached hydrogens (primary N) is 1. The minimum absolute atomic E-state index is 0.156. The van der Waals surface area contributed by atoms with Gasteiger partial charge in [0.15, 0.2) is 0 Å². The zero-order valence-electron chi connectivity index (χ0n) is 12.2. The molecule has 21 heavy (non-hydrogen) atoms. The predicted octanol–water partition coefficient (Wildman–Crippen LogP) is 0.270. The molecule has 0 radical (unpaired) electrons. The van der Waals surface area contributed by atoms with Gasteiger partial charge in [0, 0.05) is 17.8 Å². The van der Waals surface area contributed by atoms with Crippen LogP contribution in [0.2, 0.25) is 0 Å². The number of nitrogens with zero attached hydrogens (tertiary/aromatic N) is 2. The number of carbonyl (C=O) groups excluding carboxylic acids is 2. The SMILES string of the molecule is CCC1C(=O)NC(=O)CN1c1nc2c(cc1CN)CCC2. The highest BCUT2D eigenvalue weighted by atomic mass is 16.2. The van der Waals surface area contributed by atoms with Crippen molar-refractivity contribution in [2.75, 3.05) is 11.4 Å². The number of anilines is 1. The molecule has 0 bridgehead atoms. The number of hydrogen-bond acceptors (Lipinski definition) is 5. The second-order valence-corrected chi connectivity index (χ2v) is 5.60. The van der Waals surface area contributed by atoms with Crippen molar-refractivity contribution in [2.45, 2.75) is 45.2 Å². The third-order valence-corrected chi connectivity index (χ3v) is 4.24. The van der Waals surface area contributed by atoms with E-state index in [-0.39, 0.29) is 24.4 Å². The van der Waals surface area contributed by atoms with Crippen molar-refractivity contribution in [1.82, 2.24) is 10.3 Å². The number of rotatable bonds is 3. The van der Waals surface area contributed by atoms with Crippen molar-refractivity contribution in [2.24, 2.45) is 5.73 Å². The Labute approximate surface area is 123 Å². The topological polar surface area (TPSA) is 88.3 Å². The molecule has 2 aliphatic rings. The van der Waals surface area contributed by atoms with Gasteiger partial charge in [-0.05, 0) is 37.3 Å². The second kappa shape index (κ2) is 5.44. The molecular weight excluding hydrogens is 268 g/mol. The maximum absolute atomic E-state index is 12.0. The maximum atomic E-state index is 12.0. The van der Waals surface area contributed by atoms with Gasteiger partial charge >= 0.3 is 0 Å². The lowest BCUT2D eigenvalue weighted by atomic mass is 10.1.